The van der Waals surface area contributed by atoms with Crippen molar-refractivity contribution >= 4 is 17.8 Å². The van der Waals surface area contributed by atoms with Gasteiger partial charge in [0.05, 0.1) is 0 Å². The lowest BCUT2D eigenvalue weighted by Gasteiger charge is -2.24. The van der Waals surface area contributed by atoms with Gasteiger partial charge in [-0.15, -0.1) is 0 Å². The molecule has 6 heteroatoms. The summed E-state index contributed by atoms with van der Waals surface area (Å²) in [5, 5.41) is 2.79. The molecule has 1 saturated carbocycles. The number of urea groups is 1. The van der Waals surface area contributed by atoms with Gasteiger partial charge in [-0.1, -0.05) is 6.92 Å². The van der Waals surface area contributed by atoms with Gasteiger partial charge in [0.2, 0.25) is 5.91 Å². The maximum Gasteiger partial charge on any atom is 0.325 e. The maximum absolute atomic E-state index is 12.5. The molecular formula is C16H25N3O3. The lowest BCUT2D eigenvalue weighted by molar-refractivity contribution is -0.139. The van der Waals surface area contributed by atoms with E-state index in [0.717, 1.165) is 50.1 Å². The highest BCUT2D eigenvalue weighted by Crippen LogP contribution is 2.42. The molecule has 3 aliphatic rings. The Morgan fingerprint density at radius 1 is 1.23 bits per heavy atom. The van der Waals surface area contributed by atoms with Gasteiger partial charge in [-0.3, -0.25) is 14.5 Å². The Morgan fingerprint density at radius 3 is 2.64 bits per heavy atom. The van der Waals surface area contributed by atoms with Crippen molar-refractivity contribution < 1.29 is 14.4 Å². The second-order valence-corrected chi connectivity index (χ2v) is 7.21. The number of nitrogens with one attached hydrogen (secondary N) is 1. The van der Waals surface area contributed by atoms with Crippen molar-refractivity contribution in [2.24, 2.45) is 11.8 Å². The van der Waals surface area contributed by atoms with Crippen LogP contribution in [0.5, 0.6) is 0 Å². The van der Waals surface area contributed by atoms with E-state index in [1.54, 1.807) is 11.8 Å². The summed E-state index contributed by atoms with van der Waals surface area (Å²) in [4.78, 5) is 40.0. The van der Waals surface area contributed by atoms with Crippen LogP contribution < -0.4 is 5.32 Å². The Balaban J connectivity index is 1.63. The van der Waals surface area contributed by atoms with E-state index in [1.165, 1.54) is 0 Å². The molecule has 0 bridgehead atoms. The predicted molar refractivity (Wildman–Crippen MR) is 81.0 cm³/mol. The van der Waals surface area contributed by atoms with Crippen LogP contribution in [0.2, 0.25) is 0 Å². The van der Waals surface area contributed by atoms with E-state index in [0.29, 0.717) is 5.92 Å². The number of likely N-dealkylation sites (tertiary alicyclic amines) is 1. The lowest BCUT2D eigenvalue weighted by atomic mass is 9.96. The van der Waals surface area contributed by atoms with Crippen molar-refractivity contribution in [1.29, 1.82) is 0 Å². The number of nitrogens with zero attached hydrogens (tertiary/aromatic N) is 2. The van der Waals surface area contributed by atoms with Gasteiger partial charge in [-0.05, 0) is 50.9 Å². The van der Waals surface area contributed by atoms with Gasteiger partial charge in [-0.25, -0.2) is 4.79 Å². The van der Waals surface area contributed by atoms with Gasteiger partial charge in [-0.2, -0.15) is 0 Å². The van der Waals surface area contributed by atoms with Crippen LogP contribution in [0.4, 0.5) is 4.79 Å². The molecule has 3 fully saturated rings. The predicted octanol–water partition coefficient (Wildman–Crippen LogP) is 1.36. The first kappa shape index (κ1) is 15.3. The average molecular weight is 307 g/mol. The minimum absolute atomic E-state index is 0.113. The molecule has 0 radical (unpaired) electrons. The van der Waals surface area contributed by atoms with Crippen molar-refractivity contribution in [1.82, 2.24) is 15.1 Å². The summed E-state index contributed by atoms with van der Waals surface area (Å²) in [5.41, 5.74) is -0.801. The van der Waals surface area contributed by atoms with Crippen molar-refractivity contribution in [3.63, 3.8) is 0 Å². The number of hydrogen-bond donors (Lipinski definition) is 1. The van der Waals surface area contributed by atoms with Crippen molar-refractivity contribution in [3.8, 4) is 0 Å². The summed E-state index contributed by atoms with van der Waals surface area (Å²) in [7, 11) is 0. The Hall–Kier alpha value is -1.59. The largest absolute Gasteiger partial charge is 0.341 e. The van der Waals surface area contributed by atoms with E-state index in [4.69, 9.17) is 0 Å². The molecule has 2 heterocycles. The van der Waals surface area contributed by atoms with Gasteiger partial charge < -0.3 is 10.2 Å². The molecule has 2 saturated heterocycles. The number of imide groups is 1. The third-order valence-electron chi connectivity index (χ3n) is 5.36. The Kier molecular flexibility index (Phi) is 3.87. The molecule has 1 aliphatic carbocycles. The van der Waals surface area contributed by atoms with E-state index < -0.39 is 11.6 Å². The Labute approximate surface area is 131 Å². The molecule has 0 aromatic rings. The molecule has 2 aliphatic heterocycles. The summed E-state index contributed by atoms with van der Waals surface area (Å²) in [6.07, 6.45) is 5.05. The number of hydrogen-bond acceptors (Lipinski definition) is 3. The smallest absolute Gasteiger partial charge is 0.325 e. The fraction of sp³-hybridized carbons (Fsp3) is 0.812. The van der Waals surface area contributed by atoms with Gasteiger partial charge in [0, 0.05) is 13.1 Å². The number of rotatable bonds is 3. The summed E-state index contributed by atoms with van der Waals surface area (Å²) in [5.74, 6) is 0.505. The van der Waals surface area contributed by atoms with E-state index >= 15 is 0 Å². The SMILES string of the molecule is CC1CCCN(C(=O)CN2C(=O)NC(C)(C3CC3)C2=O)CC1. The van der Waals surface area contributed by atoms with Crippen LogP contribution in [0.1, 0.15) is 46.0 Å². The summed E-state index contributed by atoms with van der Waals surface area (Å²) in [6.45, 7) is 5.31. The first-order valence-electron chi connectivity index (χ1n) is 8.33. The third kappa shape index (κ3) is 2.71. The molecule has 0 aromatic heterocycles. The highest BCUT2D eigenvalue weighted by molar-refractivity contribution is 6.09. The molecule has 122 valence electrons. The summed E-state index contributed by atoms with van der Waals surface area (Å²) >= 11 is 0. The van der Waals surface area contributed by atoms with Gasteiger partial charge in [0.25, 0.3) is 5.91 Å². The minimum Gasteiger partial charge on any atom is -0.341 e. The highest BCUT2D eigenvalue weighted by Gasteiger charge is 2.56. The second-order valence-electron chi connectivity index (χ2n) is 7.21. The van der Waals surface area contributed by atoms with Crippen LogP contribution in [0.15, 0.2) is 0 Å². The zero-order chi connectivity index (χ0) is 15.9. The third-order valence-corrected chi connectivity index (χ3v) is 5.36. The molecule has 0 aromatic carbocycles. The van der Waals surface area contributed by atoms with Crippen LogP contribution in [0.25, 0.3) is 0 Å². The van der Waals surface area contributed by atoms with Crippen molar-refractivity contribution in [2.75, 3.05) is 19.6 Å². The Morgan fingerprint density at radius 2 is 1.95 bits per heavy atom. The lowest BCUT2D eigenvalue weighted by Crippen LogP contribution is -2.47. The molecule has 3 rings (SSSR count). The molecule has 4 amide bonds. The van der Waals surface area contributed by atoms with E-state index in [9.17, 15) is 14.4 Å². The fourth-order valence-corrected chi connectivity index (χ4v) is 3.54. The summed E-state index contributed by atoms with van der Waals surface area (Å²) in [6, 6.07) is -0.420. The van der Waals surface area contributed by atoms with Crippen LogP contribution >= 0.6 is 0 Å². The zero-order valence-corrected chi connectivity index (χ0v) is 13.4. The first-order valence-corrected chi connectivity index (χ1v) is 8.33. The number of amides is 4. The number of carbonyl (C=O) groups is 3. The van der Waals surface area contributed by atoms with E-state index in [-0.39, 0.29) is 24.3 Å². The normalized spacial score (nSPS) is 32.9. The van der Waals surface area contributed by atoms with Gasteiger partial charge in [0.1, 0.15) is 12.1 Å². The van der Waals surface area contributed by atoms with Crippen molar-refractivity contribution in [2.45, 2.75) is 51.5 Å². The molecule has 2 unspecified atom stereocenters. The van der Waals surface area contributed by atoms with Gasteiger partial charge in [0.15, 0.2) is 0 Å². The summed E-state index contributed by atoms with van der Waals surface area (Å²) < 4.78 is 0. The van der Waals surface area contributed by atoms with E-state index in [1.807, 2.05) is 0 Å². The van der Waals surface area contributed by atoms with Crippen LogP contribution in [0, 0.1) is 11.8 Å². The maximum atomic E-state index is 12.5. The quantitative estimate of drug-likeness (QED) is 0.800. The van der Waals surface area contributed by atoms with Crippen molar-refractivity contribution in [3.05, 3.63) is 0 Å². The standard InChI is InChI=1S/C16H25N3O3/c1-11-4-3-8-18(9-7-11)13(20)10-19-14(21)16(2,12-5-6-12)17-15(19)22/h11-12H,3-10H2,1-2H3,(H,17,22). The van der Waals surface area contributed by atoms with Crippen LogP contribution in [0.3, 0.4) is 0 Å². The average Bonchev–Trinajstić information content (AvgIpc) is 3.28. The molecule has 6 nitrogen and oxygen atoms in total. The van der Waals surface area contributed by atoms with Crippen LogP contribution in [-0.2, 0) is 9.59 Å². The first-order chi connectivity index (χ1) is 10.4. The van der Waals surface area contributed by atoms with Gasteiger partial charge >= 0.3 is 6.03 Å². The molecule has 0 spiro atoms. The molecule has 22 heavy (non-hydrogen) atoms. The minimum atomic E-state index is -0.801. The highest BCUT2D eigenvalue weighted by atomic mass is 16.2. The fourth-order valence-electron chi connectivity index (χ4n) is 3.54. The molecule has 2 atom stereocenters. The number of carbonyl (C=O) groups excluding carboxylic acids is 3. The van der Waals surface area contributed by atoms with E-state index in [2.05, 4.69) is 12.2 Å². The zero-order valence-electron chi connectivity index (χ0n) is 13.4. The monoisotopic (exact) mass is 307 g/mol. The topological polar surface area (TPSA) is 69.7 Å². The van der Waals surface area contributed by atoms with Crippen LogP contribution in [-0.4, -0.2) is 52.8 Å². The second kappa shape index (κ2) is 5.56. The molecule has 1 N–H and O–H groups in total. The molecular weight excluding hydrogens is 282 g/mol. The Bertz CT molecular complexity index is 503.